The topological polar surface area (TPSA) is 3.24 Å². The molecular weight excluding hydrogens is 615 g/mol. The third-order valence-corrected chi connectivity index (χ3v) is 9.89. The third kappa shape index (κ3) is 5.86. The summed E-state index contributed by atoms with van der Waals surface area (Å²) in [5.74, 6) is 0. The molecule has 0 aliphatic carbocycles. The molecule has 0 aromatic heterocycles. The van der Waals surface area contributed by atoms with E-state index in [0.29, 0.717) is 0 Å². The minimum Gasteiger partial charge on any atom is -0.311 e. The van der Waals surface area contributed by atoms with Crippen LogP contribution < -0.4 is 4.90 Å². The molecule has 0 N–H and O–H groups in total. The Balaban J connectivity index is 1.12. The summed E-state index contributed by atoms with van der Waals surface area (Å²) in [6, 6.07) is 76.5. The van der Waals surface area contributed by atoms with Crippen LogP contribution in [-0.2, 0) is 0 Å². The Bertz CT molecular complexity index is 2500. The highest BCUT2D eigenvalue weighted by atomic mass is 15.1. The Morgan fingerprint density at radius 1 is 0.235 bits per heavy atom. The quantitative estimate of drug-likeness (QED) is 0.155. The summed E-state index contributed by atoms with van der Waals surface area (Å²) in [7, 11) is 0. The number of rotatable bonds is 7. The molecule has 0 unspecified atom stereocenters. The van der Waals surface area contributed by atoms with Crippen molar-refractivity contribution in [1.82, 2.24) is 0 Å². The fourth-order valence-electron chi connectivity index (χ4n) is 7.35. The molecule has 1 heteroatoms. The van der Waals surface area contributed by atoms with E-state index in [-0.39, 0.29) is 0 Å². The van der Waals surface area contributed by atoms with Crippen LogP contribution in [0.3, 0.4) is 0 Å². The van der Waals surface area contributed by atoms with Gasteiger partial charge < -0.3 is 4.90 Å². The van der Waals surface area contributed by atoms with Crippen LogP contribution in [0.4, 0.5) is 17.1 Å². The van der Waals surface area contributed by atoms with E-state index in [1.54, 1.807) is 0 Å². The minimum absolute atomic E-state index is 1.10. The molecule has 0 heterocycles. The molecule has 0 aliphatic heterocycles. The molecular formula is C50H35N. The Morgan fingerprint density at radius 3 is 1.18 bits per heavy atom. The maximum absolute atomic E-state index is 2.35. The first-order valence-electron chi connectivity index (χ1n) is 17.5. The highest BCUT2D eigenvalue weighted by Crippen LogP contribution is 2.41. The van der Waals surface area contributed by atoms with Gasteiger partial charge in [0.05, 0.1) is 0 Å². The molecule has 0 amide bonds. The van der Waals surface area contributed by atoms with Crippen LogP contribution in [0.15, 0.2) is 212 Å². The Morgan fingerprint density at radius 2 is 0.627 bits per heavy atom. The van der Waals surface area contributed by atoms with E-state index in [4.69, 9.17) is 0 Å². The summed E-state index contributed by atoms with van der Waals surface area (Å²) >= 11 is 0. The van der Waals surface area contributed by atoms with Crippen LogP contribution in [0.5, 0.6) is 0 Å². The Hall–Kier alpha value is -6.70. The van der Waals surface area contributed by atoms with Crippen molar-refractivity contribution in [2.45, 2.75) is 0 Å². The molecule has 1 nitrogen and oxygen atoms in total. The van der Waals surface area contributed by atoms with Crippen molar-refractivity contribution in [3.05, 3.63) is 212 Å². The molecule has 0 saturated carbocycles. The molecule has 0 spiro atoms. The van der Waals surface area contributed by atoms with Gasteiger partial charge in [-0.05, 0) is 109 Å². The second-order valence-electron chi connectivity index (χ2n) is 12.9. The van der Waals surface area contributed by atoms with E-state index >= 15 is 0 Å². The van der Waals surface area contributed by atoms with E-state index in [1.165, 1.54) is 66.1 Å². The molecule has 0 bridgehead atoms. The Labute approximate surface area is 299 Å². The predicted molar refractivity (Wildman–Crippen MR) is 218 cm³/mol. The van der Waals surface area contributed by atoms with Gasteiger partial charge in [-0.3, -0.25) is 0 Å². The van der Waals surface area contributed by atoms with E-state index in [9.17, 15) is 0 Å². The van der Waals surface area contributed by atoms with Gasteiger partial charge >= 0.3 is 0 Å². The predicted octanol–water partition coefficient (Wildman–Crippen LogP) is 14.1. The first-order chi connectivity index (χ1) is 25.3. The number of hydrogen-bond donors (Lipinski definition) is 0. The average Bonchev–Trinajstić information content (AvgIpc) is 3.22. The maximum atomic E-state index is 2.35. The van der Waals surface area contributed by atoms with Gasteiger partial charge in [-0.15, -0.1) is 0 Å². The van der Waals surface area contributed by atoms with Crippen LogP contribution in [0.25, 0.3) is 66.1 Å². The smallest absolute Gasteiger partial charge is 0.0462 e. The van der Waals surface area contributed by atoms with Crippen molar-refractivity contribution in [2.75, 3.05) is 4.90 Å². The number of nitrogens with zero attached hydrogens (tertiary/aromatic N) is 1. The zero-order chi connectivity index (χ0) is 34.0. The fraction of sp³-hybridized carbons (Fsp3) is 0. The molecule has 9 aromatic rings. The molecule has 0 aliphatic rings. The van der Waals surface area contributed by atoms with Crippen molar-refractivity contribution < 1.29 is 0 Å². The lowest BCUT2D eigenvalue weighted by Gasteiger charge is -2.26. The van der Waals surface area contributed by atoms with E-state index in [2.05, 4.69) is 217 Å². The lowest BCUT2D eigenvalue weighted by atomic mass is 9.89. The average molecular weight is 650 g/mol. The zero-order valence-electron chi connectivity index (χ0n) is 28.2. The lowest BCUT2D eigenvalue weighted by molar-refractivity contribution is 1.28. The summed E-state index contributed by atoms with van der Waals surface area (Å²) in [5.41, 5.74) is 13.0. The second kappa shape index (κ2) is 13.3. The second-order valence-corrected chi connectivity index (χ2v) is 12.9. The van der Waals surface area contributed by atoms with E-state index in [0.717, 1.165) is 17.1 Å². The van der Waals surface area contributed by atoms with Gasteiger partial charge in [-0.25, -0.2) is 0 Å². The molecule has 51 heavy (non-hydrogen) atoms. The van der Waals surface area contributed by atoms with Crippen LogP contribution in [0, 0.1) is 0 Å². The molecule has 0 radical (unpaired) electrons. The molecule has 0 saturated heterocycles. The zero-order valence-corrected chi connectivity index (χ0v) is 28.2. The van der Waals surface area contributed by atoms with Gasteiger partial charge in [0.25, 0.3) is 0 Å². The highest BCUT2D eigenvalue weighted by Gasteiger charge is 2.16. The first-order valence-corrected chi connectivity index (χ1v) is 17.5. The number of fused-ring (bicyclic) bond motifs is 3. The van der Waals surface area contributed by atoms with Gasteiger partial charge in [-0.1, -0.05) is 170 Å². The largest absolute Gasteiger partial charge is 0.311 e. The third-order valence-electron chi connectivity index (χ3n) is 9.89. The van der Waals surface area contributed by atoms with Gasteiger partial charge in [0.1, 0.15) is 0 Å². The first kappa shape index (κ1) is 30.4. The minimum atomic E-state index is 1.10. The summed E-state index contributed by atoms with van der Waals surface area (Å²) < 4.78 is 0. The maximum Gasteiger partial charge on any atom is 0.0462 e. The Kier molecular flexibility index (Phi) is 7.92. The van der Waals surface area contributed by atoms with E-state index < -0.39 is 0 Å². The number of anilines is 3. The monoisotopic (exact) mass is 649 g/mol. The summed E-state index contributed by atoms with van der Waals surface area (Å²) in [6.07, 6.45) is 0. The summed E-state index contributed by atoms with van der Waals surface area (Å²) in [6.45, 7) is 0. The van der Waals surface area contributed by atoms with Crippen LogP contribution in [-0.4, -0.2) is 0 Å². The van der Waals surface area contributed by atoms with Gasteiger partial charge in [0.15, 0.2) is 0 Å². The van der Waals surface area contributed by atoms with Crippen molar-refractivity contribution in [1.29, 1.82) is 0 Å². The van der Waals surface area contributed by atoms with E-state index in [1.807, 2.05) is 0 Å². The van der Waals surface area contributed by atoms with Crippen molar-refractivity contribution in [2.24, 2.45) is 0 Å². The standard InChI is InChI=1S/C50H35N/c1-3-13-36(14-4-1)38-23-29-42(30-24-38)51(43-31-25-39(26-32-43)37-15-5-2-6-16-37)44-33-27-40(28-34-44)45-18-9-10-21-48(45)50-35-41-17-7-8-19-46(41)47-20-11-12-22-49(47)50/h1-35H. The van der Waals surface area contributed by atoms with Crippen LogP contribution >= 0.6 is 0 Å². The normalized spacial score (nSPS) is 11.1. The van der Waals surface area contributed by atoms with Gasteiger partial charge in [0, 0.05) is 17.1 Å². The fourth-order valence-corrected chi connectivity index (χ4v) is 7.35. The van der Waals surface area contributed by atoms with Crippen molar-refractivity contribution in [3.63, 3.8) is 0 Å². The number of hydrogen-bond acceptors (Lipinski definition) is 1. The SMILES string of the molecule is c1ccc(-c2ccc(N(c3ccc(-c4ccccc4)cc3)c3ccc(-c4ccccc4-c4cc5ccccc5c5ccccc45)cc3)cc2)cc1. The lowest BCUT2D eigenvalue weighted by Crippen LogP contribution is -2.09. The highest BCUT2D eigenvalue weighted by molar-refractivity contribution is 6.14. The van der Waals surface area contributed by atoms with Crippen LogP contribution in [0.1, 0.15) is 0 Å². The van der Waals surface area contributed by atoms with Crippen molar-refractivity contribution >= 4 is 38.6 Å². The number of benzene rings is 9. The molecule has 0 fully saturated rings. The van der Waals surface area contributed by atoms with Gasteiger partial charge in [0.2, 0.25) is 0 Å². The summed E-state index contributed by atoms with van der Waals surface area (Å²) in [4.78, 5) is 2.34. The summed E-state index contributed by atoms with van der Waals surface area (Å²) in [5, 5.41) is 5.09. The van der Waals surface area contributed by atoms with Gasteiger partial charge in [-0.2, -0.15) is 0 Å². The van der Waals surface area contributed by atoms with Crippen LogP contribution in [0.2, 0.25) is 0 Å². The molecule has 0 atom stereocenters. The molecule has 9 aromatic carbocycles. The molecule has 240 valence electrons. The van der Waals surface area contributed by atoms with Crippen molar-refractivity contribution in [3.8, 4) is 44.5 Å². The molecule has 9 rings (SSSR count).